The third-order valence-electron chi connectivity index (χ3n) is 7.77. The van der Waals surface area contributed by atoms with E-state index in [0.717, 1.165) is 43.6 Å². The largest absolute Gasteiger partial charge is 0.488 e. The van der Waals surface area contributed by atoms with Gasteiger partial charge in [0, 0.05) is 35.5 Å². The van der Waals surface area contributed by atoms with Crippen molar-refractivity contribution in [1.29, 1.82) is 0 Å². The summed E-state index contributed by atoms with van der Waals surface area (Å²) in [5.41, 5.74) is 3.24. The third kappa shape index (κ3) is 6.56. The Morgan fingerprint density at radius 2 is 1.30 bits per heavy atom. The zero-order valence-electron chi connectivity index (χ0n) is 23.7. The third-order valence-corrected chi connectivity index (χ3v) is 7.77. The van der Waals surface area contributed by atoms with Gasteiger partial charge in [-0.3, -0.25) is 4.79 Å². The van der Waals surface area contributed by atoms with Crippen LogP contribution in [0.15, 0.2) is 78.9 Å². The number of hydrogen-bond donors (Lipinski definition) is 4. The molecule has 8 nitrogen and oxygen atoms in total. The Kier molecular flexibility index (Phi) is 8.53. The zero-order chi connectivity index (χ0) is 30.6. The summed E-state index contributed by atoms with van der Waals surface area (Å²) in [7, 11) is 0. The second-order valence-corrected chi connectivity index (χ2v) is 10.9. The van der Waals surface area contributed by atoms with Crippen LogP contribution in [0.5, 0.6) is 11.5 Å². The number of hydrogen-bond acceptors (Lipinski definition) is 6. The van der Waals surface area contributed by atoms with Crippen LogP contribution in [0.3, 0.4) is 0 Å². The van der Waals surface area contributed by atoms with Crippen LogP contribution in [0.1, 0.15) is 33.6 Å². The first-order valence-corrected chi connectivity index (χ1v) is 14.5. The number of carboxylic acid groups (broad SMARTS) is 1. The van der Waals surface area contributed by atoms with Crippen LogP contribution in [0.25, 0.3) is 22.3 Å². The van der Waals surface area contributed by atoms with E-state index in [-0.39, 0.29) is 17.8 Å². The molecule has 0 aromatic heterocycles. The Hall–Kier alpha value is -4.80. The van der Waals surface area contributed by atoms with E-state index in [0.29, 0.717) is 52.5 Å². The zero-order valence-corrected chi connectivity index (χ0v) is 23.7. The number of carbonyl (C=O) groups excluding carboxylic acids is 1. The molecule has 4 N–H and O–H groups in total. The maximum Gasteiger partial charge on any atom is 0.335 e. The highest BCUT2D eigenvalue weighted by Gasteiger charge is 2.22. The first-order chi connectivity index (χ1) is 21.3. The lowest BCUT2D eigenvalue weighted by molar-refractivity contribution is 0.0696. The van der Waals surface area contributed by atoms with Crippen molar-refractivity contribution in [3.05, 3.63) is 102 Å². The predicted molar refractivity (Wildman–Crippen MR) is 162 cm³/mol. The lowest BCUT2D eigenvalue weighted by atomic mass is 10.0. The van der Waals surface area contributed by atoms with Gasteiger partial charge < -0.3 is 30.5 Å². The first-order valence-electron chi connectivity index (χ1n) is 14.5. The standard InChI is InChI=1S/C34H31F2N3O5/c35-29-8-5-22(16-30(29)36)27-15-23(6-9-31(27)43-25-11-13-37-18-25)33(40)39-24-7-10-32(44-26-12-14-38-19-26)28(17-24)20-1-3-21(4-2-20)34(41)42/h1-10,15-17,25-26,37-38H,11-14,18-19H2,(H,39,40)(H,41,42)/t25-,26-/m0/s1. The number of amides is 1. The molecule has 44 heavy (non-hydrogen) atoms. The van der Waals surface area contributed by atoms with Gasteiger partial charge in [0.1, 0.15) is 23.7 Å². The van der Waals surface area contributed by atoms with Crippen molar-refractivity contribution >= 4 is 17.6 Å². The summed E-state index contributed by atoms with van der Waals surface area (Å²) in [4.78, 5) is 24.9. The summed E-state index contributed by atoms with van der Waals surface area (Å²) < 4.78 is 40.4. The van der Waals surface area contributed by atoms with Gasteiger partial charge in [0.05, 0.1) is 5.56 Å². The average Bonchev–Trinajstić information content (AvgIpc) is 3.74. The van der Waals surface area contributed by atoms with E-state index in [4.69, 9.17) is 9.47 Å². The number of nitrogens with one attached hydrogen (secondary N) is 3. The topological polar surface area (TPSA) is 109 Å². The van der Waals surface area contributed by atoms with Gasteiger partial charge in [-0.15, -0.1) is 0 Å². The molecule has 2 aliphatic heterocycles. The molecule has 1 amide bonds. The molecule has 4 aromatic rings. The molecule has 2 heterocycles. The summed E-state index contributed by atoms with van der Waals surface area (Å²) in [6, 6.07) is 20.3. The molecule has 6 rings (SSSR count). The number of aromatic carboxylic acids is 1. The lowest BCUT2D eigenvalue weighted by Crippen LogP contribution is -2.20. The van der Waals surface area contributed by atoms with Crippen LogP contribution in [0, 0.1) is 11.6 Å². The van der Waals surface area contributed by atoms with E-state index >= 15 is 0 Å². The van der Waals surface area contributed by atoms with E-state index in [2.05, 4.69) is 16.0 Å². The van der Waals surface area contributed by atoms with Gasteiger partial charge in [0.2, 0.25) is 0 Å². The molecular formula is C34H31F2N3O5. The Morgan fingerprint density at radius 1 is 0.705 bits per heavy atom. The molecule has 0 saturated carbocycles. The van der Waals surface area contributed by atoms with Gasteiger partial charge in [0.25, 0.3) is 5.91 Å². The van der Waals surface area contributed by atoms with Crippen molar-refractivity contribution in [1.82, 2.24) is 10.6 Å². The molecule has 2 fully saturated rings. The number of halogens is 2. The van der Waals surface area contributed by atoms with Crippen molar-refractivity contribution < 1.29 is 33.0 Å². The normalized spacial score (nSPS) is 17.8. The average molecular weight is 600 g/mol. The van der Waals surface area contributed by atoms with Crippen LogP contribution in [-0.2, 0) is 0 Å². The van der Waals surface area contributed by atoms with Crippen LogP contribution >= 0.6 is 0 Å². The van der Waals surface area contributed by atoms with Crippen LogP contribution in [0.2, 0.25) is 0 Å². The molecule has 0 spiro atoms. The number of ether oxygens (including phenoxy) is 2. The summed E-state index contributed by atoms with van der Waals surface area (Å²) in [6.07, 6.45) is 1.57. The van der Waals surface area contributed by atoms with Gasteiger partial charge in [-0.2, -0.15) is 0 Å². The van der Waals surface area contributed by atoms with Gasteiger partial charge in [-0.1, -0.05) is 18.2 Å². The van der Waals surface area contributed by atoms with Crippen LogP contribution < -0.4 is 25.4 Å². The summed E-state index contributed by atoms with van der Waals surface area (Å²) >= 11 is 0. The van der Waals surface area contributed by atoms with Crippen molar-refractivity contribution in [2.75, 3.05) is 31.5 Å². The monoisotopic (exact) mass is 599 g/mol. The summed E-state index contributed by atoms with van der Waals surface area (Å²) in [5, 5.41) is 18.8. The van der Waals surface area contributed by atoms with Crippen LogP contribution in [-0.4, -0.2) is 55.4 Å². The smallest absolute Gasteiger partial charge is 0.335 e. The maximum absolute atomic E-state index is 14.2. The van der Waals surface area contributed by atoms with Crippen LogP contribution in [0.4, 0.5) is 14.5 Å². The van der Waals surface area contributed by atoms with Gasteiger partial charge in [-0.25, -0.2) is 13.6 Å². The van der Waals surface area contributed by atoms with E-state index < -0.39 is 23.5 Å². The summed E-state index contributed by atoms with van der Waals surface area (Å²) in [6.45, 7) is 3.05. The highest BCUT2D eigenvalue weighted by Crippen LogP contribution is 2.36. The highest BCUT2D eigenvalue weighted by atomic mass is 19.2. The molecule has 2 aliphatic rings. The maximum atomic E-state index is 14.2. The Morgan fingerprint density at radius 3 is 1.89 bits per heavy atom. The second-order valence-electron chi connectivity index (χ2n) is 10.9. The molecule has 226 valence electrons. The summed E-state index contributed by atoms with van der Waals surface area (Å²) in [5.74, 6) is -2.31. The molecular weight excluding hydrogens is 568 g/mol. The Labute approximate surface area is 253 Å². The molecule has 2 atom stereocenters. The molecule has 0 bridgehead atoms. The number of anilines is 1. The molecule has 10 heteroatoms. The molecule has 4 aromatic carbocycles. The number of rotatable bonds is 9. The fourth-order valence-electron chi connectivity index (χ4n) is 5.41. The van der Waals surface area contributed by atoms with E-state index in [1.54, 1.807) is 48.5 Å². The second kappa shape index (κ2) is 12.8. The van der Waals surface area contributed by atoms with E-state index in [1.165, 1.54) is 18.2 Å². The SMILES string of the molecule is O=C(O)c1ccc(-c2cc(NC(=O)c3ccc(O[C@H]4CCNC4)c(-c4ccc(F)c(F)c4)c3)ccc2O[C@H]2CCNC2)cc1. The Bertz CT molecular complexity index is 1680. The highest BCUT2D eigenvalue weighted by molar-refractivity contribution is 6.05. The fourth-order valence-corrected chi connectivity index (χ4v) is 5.41. The molecule has 0 unspecified atom stereocenters. The van der Waals surface area contributed by atoms with E-state index in [9.17, 15) is 23.5 Å². The minimum Gasteiger partial charge on any atom is -0.488 e. The van der Waals surface area contributed by atoms with Crippen molar-refractivity contribution in [3.63, 3.8) is 0 Å². The number of carbonyl (C=O) groups is 2. The first kappa shape index (κ1) is 29.3. The van der Waals surface area contributed by atoms with Crippen molar-refractivity contribution in [2.24, 2.45) is 0 Å². The van der Waals surface area contributed by atoms with Gasteiger partial charge in [0.15, 0.2) is 11.6 Å². The number of benzene rings is 4. The molecule has 0 aliphatic carbocycles. The lowest BCUT2D eigenvalue weighted by Gasteiger charge is -2.19. The predicted octanol–water partition coefficient (Wildman–Crippen LogP) is 5.73. The molecule has 2 saturated heterocycles. The molecule has 0 radical (unpaired) electrons. The number of carboxylic acids is 1. The van der Waals surface area contributed by atoms with E-state index in [1.807, 2.05) is 0 Å². The van der Waals surface area contributed by atoms with Gasteiger partial charge >= 0.3 is 5.97 Å². The van der Waals surface area contributed by atoms with Crippen molar-refractivity contribution in [2.45, 2.75) is 25.0 Å². The Balaban J connectivity index is 1.30. The fraction of sp³-hybridized carbons (Fsp3) is 0.235. The quantitative estimate of drug-likeness (QED) is 0.195. The van der Waals surface area contributed by atoms with Gasteiger partial charge in [-0.05, 0) is 97.7 Å². The van der Waals surface area contributed by atoms with Crippen molar-refractivity contribution in [3.8, 4) is 33.8 Å². The minimum atomic E-state index is -1.02. The minimum absolute atomic E-state index is 0.0112.